The summed E-state index contributed by atoms with van der Waals surface area (Å²) < 4.78 is 34.0. The van der Waals surface area contributed by atoms with Gasteiger partial charge in [-0.1, -0.05) is 0 Å². The van der Waals surface area contributed by atoms with Crippen molar-refractivity contribution in [1.82, 2.24) is 14.3 Å². The largest absolute Gasteiger partial charge is 0.549 e. The normalized spacial score (nSPS) is 13.6. The molecule has 2 aromatic heterocycles. The topological polar surface area (TPSA) is 208 Å². The first-order chi connectivity index (χ1) is 14.7. The maximum atomic E-state index is 11.1. The summed E-state index contributed by atoms with van der Waals surface area (Å²) in [6.07, 6.45) is 7.25. The van der Waals surface area contributed by atoms with Gasteiger partial charge in [-0.2, -0.15) is 13.1 Å². The second kappa shape index (κ2) is 11.7. The van der Waals surface area contributed by atoms with Crippen LogP contribution in [-0.2, 0) is 26.3 Å². The Kier molecular flexibility index (Phi) is 9.92. The van der Waals surface area contributed by atoms with Crippen molar-refractivity contribution in [3.63, 3.8) is 0 Å². The second-order valence-corrected chi connectivity index (χ2v) is 8.83. The number of carbonyl (C=O) groups excluding carboxylic acids is 2. The van der Waals surface area contributed by atoms with E-state index in [1.165, 1.54) is 12.4 Å². The van der Waals surface area contributed by atoms with Crippen LogP contribution in [0.4, 0.5) is 0 Å². The molecule has 2 unspecified atom stereocenters. The van der Waals surface area contributed by atoms with Crippen LogP contribution in [0.2, 0.25) is 0 Å². The van der Waals surface area contributed by atoms with Gasteiger partial charge in [-0.05, 0) is 13.8 Å². The molecule has 0 aliphatic carbocycles. The summed E-state index contributed by atoms with van der Waals surface area (Å²) >= 11 is 0. The third kappa shape index (κ3) is 9.97. The van der Waals surface area contributed by atoms with Gasteiger partial charge >= 0.3 is 5.97 Å². The first-order valence-electron chi connectivity index (χ1n) is 9.17. The molecule has 32 heavy (non-hydrogen) atoms. The van der Waals surface area contributed by atoms with Gasteiger partial charge in [0.1, 0.15) is 30.5 Å². The van der Waals surface area contributed by atoms with Gasteiger partial charge in [0.2, 0.25) is 12.6 Å². The summed E-state index contributed by atoms with van der Waals surface area (Å²) in [5, 5.41) is 36.1. The van der Waals surface area contributed by atoms with Gasteiger partial charge < -0.3 is 30.1 Å². The minimum atomic E-state index is -4.93. The maximum absolute atomic E-state index is 11.1. The number of nitrogens with zero attached hydrogens (tertiary/aromatic N) is 4. The Balaban J connectivity index is 0.000000323. The van der Waals surface area contributed by atoms with Crippen LogP contribution in [0.3, 0.4) is 0 Å². The fourth-order valence-corrected chi connectivity index (χ4v) is 2.89. The average molecular weight is 478 g/mol. The van der Waals surface area contributed by atoms with E-state index >= 15 is 0 Å². The van der Waals surface area contributed by atoms with Gasteiger partial charge in [0.25, 0.3) is 10.1 Å². The number of carbonyl (C=O) groups is 2. The van der Waals surface area contributed by atoms with Crippen LogP contribution in [0.15, 0.2) is 37.4 Å². The molecule has 0 aliphatic heterocycles. The van der Waals surface area contributed by atoms with E-state index in [0.29, 0.717) is 6.54 Å². The molecule has 0 amide bonds. The smallest absolute Gasteiger partial charge is 0.334 e. The van der Waals surface area contributed by atoms with Gasteiger partial charge in [0.15, 0.2) is 0 Å². The highest BCUT2D eigenvalue weighted by molar-refractivity contribution is 7.87. The second-order valence-electron chi connectivity index (χ2n) is 7.23. The van der Waals surface area contributed by atoms with E-state index in [-0.39, 0.29) is 13.0 Å². The number of aliphatic carboxylic acids is 1. The quantitative estimate of drug-likeness (QED) is 0.196. The lowest BCUT2D eigenvalue weighted by Crippen LogP contribution is -2.43. The van der Waals surface area contributed by atoms with Gasteiger partial charge in [-0.15, -0.1) is 0 Å². The van der Waals surface area contributed by atoms with Crippen LogP contribution in [0.25, 0.3) is 0 Å². The Hall–Kier alpha value is -2.85. The van der Waals surface area contributed by atoms with Crippen molar-refractivity contribution in [3.05, 3.63) is 37.4 Å². The molecule has 0 aromatic carbocycles. The average Bonchev–Trinajstić information content (AvgIpc) is 3.30. The van der Waals surface area contributed by atoms with E-state index in [2.05, 4.69) is 9.82 Å². The summed E-state index contributed by atoms with van der Waals surface area (Å²) in [7, 11) is -4.93. The first-order valence-corrected chi connectivity index (χ1v) is 10.7. The van der Waals surface area contributed by atoms with E-state index in [1.807, 2.05) is 0 Å². The Morgan fingerprint density at radius 2 is 1.97 bits per heavy atom. The number of carboxylic acid groups (broad SMARTS) is 1. The predicted octanol–water partition coefficient (Wildman–Crippen LogP) is -3.35. The number of rotatable bonds is 10. The number of carboxylic acids is 1. The highest BCUT2D eigenvalue weighted by Crippen LogP contribution is 2.17. The zero-order valence-corrected chi connectivity index (χ0v) is 18.2. The van der Waals surface area contributed by atoms with Crippen LogP contribution in [0.1, 0.15) is 32.9 Å². The lowest BCUT2D eigenvalue weighted by Gasteiger charge is -2.18. The SMILES string of the molecule is CC(C)(O)CC(O)n1cc[n+](CCO)c1.O=C(CC(C(=O)[O-])S(=O)(=O)O)On1ccnc1. The van der Waals surface area contributed by atoms with Crippen molar-refractivity contribution in [3.8, 4) is 0 Å². The minimum Gasteiger partial charge on any atom is -0.549 e. The molecule has 4 N–H and O–H groups in total. The lowest BCUT2D eigenvalue weighted by atomic mass is 10.0. The Bertz CT molecular complexity index is 966. The fourth-order valence-electron chi connectivity index (χ4n) is 2.30. The molecule has 14 nitrogen and oxygen atoms in total. The lowest BCUT2D eigenvalue weighted by molar-refractivity contribution is -0.697. The van der Waals surface area contributed by atoms with Gasteiger partial charge in [0, 0.05) is 12.6 Å². The van der Waals surface area contributed by atoms with Crippen LogP contribution in [0.5, 0.6) is 0 Å². The number of hydrogen-bond acceptors (Lipinski definition) is 10. The molecule has 180 valence electrons. The van der Waals surface area contributed by atoms with E-state index < -0.39 is 45.6 Å². The first kappa shape index (κ1) is 27.2. The predicted molar refractivity (Wildman–Crippen MR) is 103 cm³/mol. The van der Waals surface area contributed by atoms with E-state index in [1.54, 1.807) is 41.7 Å². The molecule has 2 heterocycles. The van der Waals surface area contributed by atoms with Crippen LogP contribution >= 0.6 is 0 Å². The summed E-state index contributed by atoms with van der Waals surface area (Å²) in [5.41, 5.74) is -0.897. The highest BCUT2D eigenvalue weighted by Gasteiger charge is 2.28. The Morgan fingerprint density at radius 3 is 2.44 bits per heavy atom. The number of aromatic nitrogens is 4. The van der Waals surface area contributed by atoms with Gasteiger partial charge in [0.05, 0.1) is 30.8 Å². The Labute approximate surface area is 183 Å². The van der Waals surface area contributed by atoms with E-state index in [4.69, 9.17) is 9.66 Å². The summed E-state index contributed by atoms with van der Waals surface area (Å²) in [5.74, 6) is -3.26. The standard InChI is InChI=1S/C10H19N2O3.C7H8N2O7S/c1-10(2,15)7-9(14)12-4-3-11(8-12)5-6-13;10-6(16-9-2-1-8-4-9)3-5(7(11)12)17(13,14)15/h3-4,8-9,13-15H,5-7H2,1-2H3;1-2,4-5H,3H2,(H,11,12)(H,13,14,15)/q+1;/p-1. The van der Waals surface area contributed by atoms with Crippen molar-refractivity contribution in [2.75, 3.05) is 6.61 Å². The molecular formula is C17H26N4O10S. The molecule has 2 aromatic rings. The molecule has 0 fully saturated rings. The number of aliphatic hydroxyl groups is 3. The molecular weight excluding hydrogens is 452 g/mol. The molecule has 0 radical (unpaired) electrons. The number of imidazole rings is 2. The monoisotopic (exact) mass is 478 g/mol. The zero-order valence-electron chi connectivity index (χ0n) is 17.4. The van der Waals surface area contributed by atoms with Gasteiger partial charge in [-0.25, -0.2) is 18.9 Å². The van der Waals surface area contributed by atoms with Crippen molar-refractivity contribution in [2.45, 2.75) is 50.3 Å². The summed E-state index contributed by atoms with van der Waals surface area (Å²) in [4.78, 5) is 29.5. The third-order valence-electron chi connectivity index (χ3n) is 3.76. The summed E-state index contributed by atoms with van der Waals surface area (Å²) in [6, 6.07) is 0. The van der Waals surface area contributed by atoms with Crippen LogP contribution in [-0.4, -0.2) is 72.0 Å². The zero-order chi connectivity index (χ0) is 24.5. The van der Waals surface area contributed by atoms with Gasteiger partial charge in [-0.3, -0.25) is 4.55 Å². The fraction of sp³-hybridized carbons (Fsp3) is 0.529. The molecule has 2 atom stereocenters. The van der Waals surface area contributed by atoms with Crippen molar-refractivity contribution >= 4 is 22.1 Å². The molecule has 0 spiro atoms. The number of hydrogen-bond donors (Lipinski definition) is 4. The molecule has 0 saturated heterocycles. The number of aliphatic hydroxyl groups excluding tert-OH is 2. The summed E-state index contributed by atoms with van der Waals surface area (Å²) in [6.45, 7) is 3.88. The van der Waals surface area contributed by atoms with Crippen LogP contribution < -0.4 is 14.5 Å². The molecule has 0 bridgehead atoms. The molecule has 0 saturated carbocycles. The third-order valence-corrected chi connectivity index (χ3v) is 4.84. The minimum absolute atomic E-state index is 0.0657. The molecule has 15 heteroatoms. The van der Waals surface area contributed by atoms with E-state index in [0.717, 1.165) is 11.1 Å². The maximum Gasteiger partial charge on any atom is 0.334 e. The molecule has 2 rings (SSSR count). The molecule has 0 aliphatic rings. The van der Waals surface area contributed by atoms with Crippen molar-refractivity contribution in [2.24, 2.45) is 0 Å². The van der Waals surface area contributed by atoms with Crippen molar-refractivity contribution in [1.29, 1.82) is 0 Å². The van der Waals surface area contributed by atoms with Crippen LogP contribution in [0, 0.1) is 0 Å². The Morgan fingerprint density at radius 1 is 1.31 bits per heavy atom. The highest BCUT2D eigenvalue weighted by atomic mass is 32.2. The van der Waals surface area contributed by atoms with Crippen molar-refractivity contribution < 1.29 is 52.4 Å². The van der Waals surface area contributed by atoms with E-state index in [9.17, 15) is 33.3 Å².